The van der Waals surface area contributed by atoms with Gasteiger partial charge >= 0.3 is 0 Å². The molecule has 0 spiro atoms. The van der Waals surface area contributed by atoms with Crippen molar-refractivity contribution >= 4 is 11.8 Å². The number of benzene rings is 1. The van der Waals surface area contributed by atoms with E-state index in [2.05, 4.69) is 36.6 Å². The number of nitrogens with one attached hydrogen (secondary N) is 2. The zero-order chi connectivity index (χ0) is 21.7. The van der Waals surface area contributed by atoms with E-state index in [4.69, 9.17) is 0 Å². The summed E-state index contributed by atoms with van der Waals surface area (Å²) in [4.78, 5) is 17.4. The Morgan fingerprint density at radius 1 is 1.16 bits per heavy atom. The summed E-state index contributed by atoms with van der Waals surface area (Å²) in [5, 5.41) is 26.2. The number of hydrogen-bond acceptors (Lipinski definition) is 8. The van der Waals surface area contributed by atoms with Gasteiger partial charge in [0.1, 0.15) is 23.8 Å². The van der Waals surface area contributed by atoms with Crippen LogP contribution in [0.25, 0.3) is 11.3 Å². The van der Waals surface area contributed by atoms with Crippen LogP contribution < -0.4 is 10.6 Å². The van der Waals surface area contributed by atoms with E-state index in [1.54, 1.807) is 6.20 Å². The highest BCUT2D eigenvalue weighted by Gasteiger charge is 2.29. The topological polar surface area (TPSA) is 120 Å². The molecule has 0 radical (unpaired) electrons. The molecule has 2 aromatic heterocycles. The summed E-state index contributed by atoms with van der Waals surface area (Å²) < 4.78 is 0. The predicted molar refractivity (Wildman–Crippen MR) is 118 cm³/mol. The van der Waals surface area contributed by atoms with Gasteiger partial charge < -0.3 is 15.7 Å². The molecular weight excluding hydrogens is 390 g/mol. The number of rotatable bonds is 6. The third kappa shape index (κ3) is 5.13. The SMILES string of the molecule is C[C@]1(O)CC[C@@H](Nc2nc(NCc3cncnc3-c3ccccc3)ncc2C#N)CC1. The summed E-state index contributed by atoms with van der Waals surface area (Å²) in [5.74, 6) is 0.936. The van der Waals surface area contributed by atoms with Crippen LogP contribution >= 0.6 is 0 Å². The van der Waals surface area contributed by atoms with Gasteiger partial charge in [0.15, 0.2) is 0 Å². The summed E-state index contributed by atoms with van der Waals surface area (Å²) in [5.41, 5.74) is 2.58. The van der Waals surface area contributed by atoms with E-state index in [9.17, 15) is 10.4 Å². The lowest BCUT2D eigenvalue weighted by molar-refractivity contribution is 0.0196. The molecule has 31 heavy (non-hydrogen) atoms. The lowest BCUT2D eigenvalue weighted by atomic mass is 9.83. The van der Waals surface area contributed by atoms with Gasteiger partial charge in [-0.3, -0.25) is 0 Å². The Morgan fingerprint density at radius 2 is 1.94 bits per heavy atom. The van der Waals surface area contributed by atoms with E-state index in [0.717, 1.165) is 42.5 Å². The molecule has 8 heteroatoms. The van der Waals surface area contributed by atoms with Gasteiger partial charge in [-0.1, -0.05) is 30.3 Å². The predicted octanol–water partition coefficient (Wildman–Crippen LogP) is 3.52. The van der Waals surface area contributed by atoms with Crippen molar-refractivity contribution in [1.82, 2.24) is 19.9 Å². The largest absolute Gasteiger partial charge is 0.390 e. The zero-order valence-electron chi connectivity index (χ0n) is 17.4. The van der Waals surface area contributed by atoms with Crippen LogP contribution in [0.3, 0.4) is 0 Å². The molecule has 1 aliphatic carbocycles. The van der Waals surface area contributed by atoms with Crippen molar-refractivity contribution in [1.29, 1.82) is 5.26 Å². The Kier molecular flexibility index (Phi) is 6.05. The van der Waals surface area contributed by atoms with Crippen LogP contribution in [0, 0.1) is 11.3 Å². The van der Waals surface area contributed by atoms with Crippen molar-refractivity contribution in [2.24, 2.45) is 0 Å². The molecule has 1 fully saturated rings. The molecule has 1 aliphatic rings. The minimum absolute atomic E-state index is 0.169. The van der Waals surface area contributed by atoms with Crippen molar-refractivity contribution in [3.8, 4) is 17.3 Å². The third-order valence-electron chi connectivity index (χ3n) is 5.59. The summed E-state index contributed by atoms with van der Waals surface area (Å²) in [6, 6.07) is 12.2. The zero-order valence-corrected chi connectivity index (χ0v) is 17.4. The second-order valence-corrected chi connectivity index (χ2v) is 8.10. The molecule has 158 valence electrons. The molecule has 0 aliphatic heterocycles. The van der Waals surface area contributed by atoms with Gasteiger partial charge in [0.2, 0.25) is 5.95 Å². The Bertz CT molecular complexity index is 1070. The monoisotopic (exact) mass is 415 g/mol. The lowest BCUT2D eigenvalue weighted by Gasteiger charge is -2.33. The Hall–Kier alpha value is -3.57. The van der Waals surface area contributed by atoms with Gasteiger partial charge in [-0.25, -0.2) is 15.0 Å². The Balaban J connectivity index is 1.48. The fourth-order valence-corrected chi connectivity index (χ4v) is 3.75. The van der Waals surface area contributed by atoms with Gasteiger partial charge in [-0.15, -0.1) is 0 Å². The van der Waals surface area contributed by atoms with E-state index in [1.807, 2.05) is 37.3 Å². The number of nitrogens with zero attached hydrogens (tertiary/aromatic N) is 5. The number of anilines is 2. The number of aromatic nitrogens is 4. The maximum atomic E-state index is 10.2. The van der Waals surface area contributed by atoms with Gasteiger partial charge in [0.05, 0.1) is 17.5 Å². The number of nitriles is 1. The Labute approximate surface area is 181 Å². The second kappa shape index (κ2) is 9.06. The standard InChI is InChI=1S/C23H25N7O/c1-23(31)9-7-19(8-10-23)29-21-17(11-24)13-26-22(30-21)27-14-18-12-25-15-28-20(18)16-5-3-2-4-6-16/h2-6,12-13,15,19,31H,7-10,14H2,1H3,(H2,26,27,29,30)/t19-,23+. The minimum atomic E-state index is -0.608. The molecule has 2 heterocycles. The highest BCUT2D eigenvalue weighted by atomic mass is 16.3. The molecule has 0 amide bonds. The average Bonchev–Trinajstić information content (AvgIpc) is 2.80. The van der Waals surface area contributed by atoms with Crippen molar-refractivity contribution in [3.05, 3.63) is 60.2 Å². The van der Waals surface area contributed by atoms with Crippen LogP contribution in [0.5, 0.6) is 0 Å². The first kappa shape index (κ1) is 20.7. The minimum Gasteiger partial charge on any atom is -0.390 e. The van der Waals surface area contributed by atoms with Crippen LogP contribution in [0.2, 0.25) is 0 Å². The first-order chi connectivity index (χ1) is 15.0. The number of aliphatic hydroxyl groups is 1. The van der Waals surface area contributed by atoms with Crippen LogP contribution in [-0.2, 0) is 6.54 Å². The van der Waals surface area contributed by atoms with E-state index >= 15 is 0 Å². The fraction of sp³-hybridized carbons (Fsp3) is 0.348. The molecule has 1 saturated carbocycles. The maximum Gasteiger partial charge on any atom is 0.224 e. The summed E-state index contributed by atoms with van der Waals surface area (Å²) in [6.07, 6.45) is 7.93. The van der Waals surface area contributed by atoms with Crippen LogP contribution in [0.1, 0.15) is 43.7 Å². The molecule has 0 saturated heterocycles. The molecule has 3 aromatic rings. The lowest BCUT2D eigenvalue weighted by Crippen LogP contribution is -2.36. The van der Waals surface area contributed by atoms with Gasteiger partial charge in [0, 0.05) is 29.9 Å². The average molecular weight is 416 g/mol. The summed E-state index contributed by atoms with van der Waals surface area (Å²) >= 11 is 0. The van der Waals surface area contributed by atoms with E-state index in [-0.39, 0.29) is 6.04 Å². The molecule has 8 nitrogen and oxygen atoms in total. The van der Waals surface area contributed by atoms with Gasteiger partial charge in [-0.05, 0) is 32.6 Å². The smallest absolute Gasteiger partial charge is 0.224 e. The van der Waals surface area contributed by atoms with E-state index in [0.29, 0.717) is 23.9 Å². The highest BCUT2D eigenvalue weighted by Crippen LogP contribution is 2.30. The number of hydrogen-bond donors (Lipinski definition) is 3. The fourth-order valence-electron chi connectivity index (χ4n) is 3.75. The van der Waals surface area contributed by atoms with Crippen LogP contribution in [-0.4, -0.2) is 36.7 Å². The molecular formula is C23H25N7O. The Morgan fingerprint density at radius 3 is 2.68 bits per heavy atom. The summed E-state index contributed by atoms with van der Waals surface area (Å²) in [6.45, 7) is 2.32. The normalized spacial score (nSPS) is 20.6. The molecule has 0 unspecified atom stereocenters. The van der Waals surface area contributed by atoms with Crippen molar-refractivity contribution in [2.45, 2.75) is 50.8 Å². The quantitative estimate of drug-likeness (QED) is 0.559. The molecule has 3 N–H and O–H groups in total. The van der Waals surface area contributed by atoms with Crippen molar-refractivity contribution in [2.75, 3.05) is 10.6 Å². The first-order valence-corrected chi connectivity index (χ1v) is 10.4. The molecule has 4 rings (SSSR count). The van der Waals surface area contributed by atoms with E-state index in [1.165, 1.54) is 12.5 Å². The molecule has 0 atom stereocenters. The summed E-state index contributed by atoms with van der Waals surface area (Å²) in [7, 11) is 0. The van der Waals surface area contributed by atoms with Crippen LogP contribution in [0.15, 0.2) is 49.1 Å². The van der Waals surface area contributed by atoms with Crippen molar-refractivity contribution in [3.63, 3.8) is 0 Å². The van der Waals surface area contributed by atoms with Gasteiger partial charge in [0.25, 0.3) is 0 Å². The molecule has 1 aromatic carbocycles. The molecule has 0 bridgehead atoms. The maximum absolute atomic E-state index is 10.2. The van der Waals surface area contributed by atoms with Crippen LogP contribution in [0.4, 0.5) is 11.8 Å². The highest BCUT2D eigenvalue weighted by molar-refractivity contribution is 5.62. The third-order valence-corrected chi connectivity index (χ3v) is 5.59. The van der Waals surface area contributed by atoms with Gasteiger partial charge in [-0.2, -0.15) is 10.2 Å². The second-order valence-electron chi connectivity index (χ2n) is 8.10. The first-order valence-electron chi connectivity index (χ1n) is 10.4. The van der Waals surface area contributed by atoms with Crippen molar-refractivity contribution < 1.29 is 5.11 Å². The van der Waals surface area contributed by atoms with E-state index < -0.39 is 5.60 Å².